The molecule has 1 aromatic rings. The largest absolute Gasteiger partial charge is 0.212 e. The topological polar surface area (TPSA) is 46.2 Å². The summed E-state index contributed by atoms with van der Waals surface area (Å²) in [6.07, 6.45) is 0. The van der Waals surface area contributed by atoms with Gasteiger partial charge in [0.2, 0.25) is 10.0 Å². The Labute approximate surface area is 99.4 Å². The van der Waals surface area contributed by atoms with Crippen molar-refractivity contribution in [3.05, 3.63) is 33.8 Å². The van der Waals surface area contributed by atoms with E-state index in [1.54, 1.807) is 25.1 Å². The van der Waals surface area contributed by atoms with E-state index in [9.17, 15) is 8.42 Å². The fourth-order valence-corrected chi connectivity index (χ4v) is 1.86. The van der Waals surface area contributed by atoms with Crippen LogP contribution in [0.4, 0.5) is 0 Å². The van der Waals surface area contributed by atoms with Crippen molar-refractivity contribution in [3.63, 3.8) is 0 Å². The van der Waals surface area contributed by atoms with E-state index in [4.69, 9.17) is 23.2 Å². The summed E-state index contributed by atoms with van der Waals surface area (Å²) in [5.41, 5.74) is 0.779. The highest BCUT2D eigenvalue weighted by atomic mass is 35.5. The number of sulfonamides is 1. The Bertz CT molecular complexity index is 445. The molecule has 0 aliphatic rings. The first-order chi connectivity index (χ1) is 6.94. The van der Waals surface area contributed by atoms with Crippen molar-refractivity contribution in [3.8, 4) is 0 Å². The highest BCUT2D eigenvalue weighted by Gasteiger charge is 2.06. The Balaban J connectivity index is 2.71. The van der Waals surface area contributed by atoms with Gasteiger partial charge in [0, 0.05) is 6.54 Å². The molecule has 0 amide bonds. The molecule has 1 rings (SSSR count). The van der Waals surface area contributed by atoms with Crippen LogP contribution in [0.15, 0.2) is 18.2 Å². The van der Waals surface area contributed by atoms with Gasteiger partial charge in [0.15, 0.2) is 0 Å². The number of halogens is 2. The van der Waals surface area contributed by atoms with E-state index in [2.05, 4.69) is 4.72 Å². The fraction of sp³-hybridized carbons (Fsp3) is 0.333. The van der Waals surface area contributed by atoms with Crippen LogP contribution < -0.4 is 4.72 Å². The standard InChI is InChI=1S/C9H11Cl2NO2S/c1-2-15(13,14)12-6-7-3-4-8(10)9(11)5-7/h3-5,12H,2,6H2,1H3. The predicted octanol–water partition coefficient (Wildman–Crippen LogP) is 2.43. The summed E-state index contributed by atoms with van der Waals surface area (Å²) in [5.74, 6) is 0.0638. The van der Waals surface area contributed by atoms with Crippen molar-refractivity contribution >= 4 is 33.2 Å². The minimum atomic E-state index is -3.17. The van der Waals surface area contributed by atoms with Crippen LogP contribution in [0.2, 0.25) is 10.0 Å². The number of nitrogens with one attached hydrogen (secondary N) is 1. The number of hydrogen-bond acceptors (Lipinski definition) is 2. The second-order valence-electron chi connectivity index (χ2n) is 2.97. The molecule has 1 N–H and O–H groups in total. The lowest BCUT2D eigenvalue weighted by Crippen LogP contribution is -2.24. The van der Waals surface area contributed by atoms with Crippen LogP contribution >= 0.6 is 23.2 Å². The average Bonchev–Trinajstić information content (AvgIpc) is 2.20. The summed E-state index contributed by atoms with van der Waals surface area (Å²) in [6, 6.07) is 5.01. The molecule has 0 unspecified atom stereocenters. The van der Waals surface area contributed by atoms with Crippen LogP contribution in [-0.4, -0.2) is 14.2 Å². The number of hydrogen-bond donors (Lipinski definition) is 1. The molecular weight excluding hydrogens is 257 g/mol. The minimum Gasteiger partial charge on any atom is -0.212 e. The van der Waals surface area contributed by atoms with Crippen LogP contribution in [0.3, 0.4) is 0 Å². The van der Waals surface area contributed by atoms with Crippen molar-refractivity contribution in [1.29, 1.82) is 0 Å². The molecule has 6 heteroatoms. The molecule has 0 heterocycles. The van der Waals surface area contributed by atoms with Gasteiger partial charge in [0.1, 0.15) is 0 Å². The van der Waals surface area contributed by atoms with E-state index in [-0.39, 0.29) is 12.3 Å². The van der Waals surface area contributed by atoms with Crippen molar-refractivity contribution in [2.45, 2.75) is 13.5 Å². The molecule has 0 aliphatic heterocycles. The summed E-state index contributed by atoms with van der Waals surface area (Å²) < 4.78 is 24.8. The summed E-state index contributed by atoms with van der Waals surface area (Å²) in [7, 11) is -3.17. The summed E-state index contributed by atoms with van der Waals surface area (Å²) >= 11 is 11.5. The van der Waals surface area contributed by atoms with E-state index in [0.29, 0.717) is 10.0 Å². The minimum absolute atomic E-state index is 0.0638. The van der Waals surface area contributed by atoms with Crippen LogP contribution in [0, 0.1) is 0 Å². The maximum absolute atomic E-state index is 11.2. The lowest BCUT2D eigenvalue weighted by molar-refractivity contribution is 0.582. The third kappa shape index (κ3) is 3.99. The summed E-state index contributed by atoms with van der Waals surface area (Å²) in [6.45, 7) is 1.81. The SMILES string of the molecule is CCS(=O)(=O)NCc1ccc(Cl)c(Cl)c1. The maximum Gasteiger partial charge on any atom is 0.211 e. The van der Waals surface area contributed by atoms with E-state index in [1.807, 2.05) is 0 Å². The van der Waals surface area contributed by atoms with Crippen molar-refractivity contribution in [2.24, 2.45) is 0 Å². The second kappa shape index (κ2) is 5.16. The van der Waals surface area contributed by atoms with Crippen LogP contribution in [0.25, 0.3) is 0 Å². The van der Waals surface area contributed by atoms with Gasteiger partial charge in [-0.15, -0.1) is 0 Å². The Morgan fingerprint density at radius 1 is 1.27 bits per heavy atom. The van der Waals surface area contributed by atoms with Gasteiger partial charge in [-0.3, -0.25) is 0 Å². The van der Waals surface area contributed by atoms with Crippen molar-refractivity contribution < 1.29 is 8.42 Å². The molecule has 84 valence electrons. The Morgan fingerprint density at radius 2 is 1.93 bits per heavy atom. The lowest BCUT2D eigenvalue weighted by atomic mass is 10.2. The molecule has 0 radical (unpaired) electrons. The zero-order valence-electron chi connectivity index (χ0n) is 8.13. The van der Waals surface area contributed by atoms with Gasteiger partial charge in [-0.25, -0.2) is 13.1 Å². The van der Waals surface area contributed by atoms with Gasteiger partial charge in [0.05, 0.1) is 15.8 Å². The van der Waals surface area contributed by atoms with E-state index in [1.165, 1.54) is 0 Å². The molecule has 0 saturated carbocycles. The summed E-state index contributed by atoms with van der Waals surface area (Å²) in [4.78, 5) is 0. The third-order valence-electron chi connectivity index (χ3n) is 1.86. The Hall–Kier alpha value is -0.290. The second-order valence-corrected chi connectivity index (χ2v) is 5.88. The smallest absolute Gasteiger partial charge is 0.211 e. The van der Waals surface area contributed by atoms with Crippen molar-refractivity contribution in [2.75, 3.05) is 5.75 Å². The monoisotopic (exact) mass is 267 g/mol. The first-order valence-corrected chi connectivity index (χ1v) is 6.76. The van der Waals surface area contributed by atoms with Gasteiger partial charge >= 0.3 is 0 Å². The number of benzene rings is 1. The quantitative estimate of drug-likeness (QED) is 0.911. The van der Waals surface area contributed by atoms with Gasteiger partial charge in [-0.1, -0.05) is 29.3 Å². The third-order valence-corrected chi connectivity index (χ3v) is 3.94. The zero-order chi connectivity index (χ0) is 11.5. The molecule has 15 heavy (non-hydrogen) atoms. The zero-order valence-corrected chi connectivity index (χ0v) is 10.5. The fourth-order valence-electron chi connectivity index (χ4n) is 0.945. The summed E-state index contributed by atoms with van der Waals surface area (Å²) in [5, 5.41) is 0.878. The van der Waals surface area contributed by atoms with Gasteiger partial charge in [-0.2, -0.15) is 0 Å². The average molecular weight is 268 g/mol. The molecule has 0 aromatic heterocycles. The molecule has 0 aliphatic carbocycles. The lowest BCUT2D eigenvalue weighted by Gasteiger charge is -2.05. The first kappa shape index (κ1) is 12.8. The van der Waals surface area contributed by atoms with Crippen molar-refractivity contribution in [1.82, 2.24) is 4.72 Å². The Kier molecular flexibility index (Phi) is 4.40. The highest BCUT2D eigenvalue weighted by molar-refractivity contribution is 7.89. The molecule has 3 nitrogen and oxygen atoms in total. The van der Waals surface area contributed by atoms with E-state index >= 15 is 0 Å². The van der Waals surface area contributed by atoms with Gasteiger partial charge < -0.3 is 0 Å². The maximum atomic E-state index is 11.2. The van der Waals surface area contributed by atoms with Crippen LogP contribution in [0.5, 0.6) is 0 Å². The molecule has 0 saturated heterocycles. The molecule has 0 fully saturated rings. The Morgan fingerprint density at radius 3 is 2.47 bits per heavy atom. The number of rotatable bonds is 4. The molecule has 0 atom stereocenters. The van der Waals surface area contributed by atoms with Crippen LogP contribution in [-0.2, 0) is 16.6 Å². The van der Waals surface area contributed by atoms with E-state index < -0.39 is 10.0 Å². The highest BCUT2D eigenvalue weighted by Crippen LogP contribution is 2.22. The van der Waals surface area contributed by atoms with E-state index in [0.717, 1.165) is 5.56 Å². The van der Waals surface area contributed by atoms with Crippen LogP contribution in [0.1, 0.15) is 12.5 Å². The first-order valence-electron chi connectivity index (χ1n) is 4.36. The molecule has 0 spiro atoms. The normalized spacial score (nSPS) is 11.7. The molecular formula is C9H11Cl2NO2S. The predicted molar refractivity (Wildman–Crippen MR) is 62.8 cm³/mol. The molecule has 1 aromatic carbocycles. The van der Waals surface area contributed by atoms with Gasteiger partial charge in [0.25, 0.3) is 0 Å². The van der Waals surface area contributed by atoms with Gasteiger partial charge in [-0.05, 0) is 24.6 Å². The molecule has 0 bridgehead atoms.